The second-order valence-corrected chi connectivity index (χ2v) is 6.07. The van der Waals surface area contributed by atoms with Crippen LogP contribution in [0.5, 0.6) is 0 Å². The lowest BCUT2D eigenvalue weighted by Gasteiger charge is -2.05. The summed E-state index contributed by atoms with van der Waals surface area (Å²) in [6.45, 7) is 0.551. The van der Waals surface area contributed by atoms with Crippen molar-refractivity contribution in [3.05, 3.63) is 52.5 Å². The molecule has 21 heavy (non-hydrogen) atoms. The van der Waals surface area contributed by atoms with E-state index in [-0.39, 0.29) is 5.91 Å². The van der Waals surface area contributed by atoms with E-state index >= 15 is 0 Å². The maximum absolute atomic E-state index is 11.9. The number of amides is 1. The van der Waals surface area contributed by atoms with Crippen molar-refractivity contribution in [1.29, 1.82) is 0 Å². The van der Waals surface area contributed by atoms with Crippen LogP contribution in [0.25, 0.3) is 11.0 Å². The molecule has 0 fully saturated rings. The molecule has 0 unspecified atom stereocenters. The standard InChI is InChI=1S/C16H17N3OS/c1-19-11-18-14-9-12(4-6-15(14)19)10-17-16(20)7-5-13-3-2-8-21-13/h2-4,6,8-9,11H,5,7,10H2,1H3,(H,17,20). The number of carbonyl (C=O) groups excluding carboxylic acids is 1. The fourth-order valence-electron chi connectivity index (χ4n) is 2.27. The SMILES string of the molecule is Cn1cnc2cc(CNC(=O)CCc3cccs3)ccc21. The predicted molar refractivity (Wildman–Crippen MR) is 85.2 cm³/mol. The first-order valence-corrected chi connectivity index (χ1v) is 7.79. The molecule has 0 aliphatic heterocycles. The van der Waals surface area contributed by atoms with Crippen LogP contribution in [0.2, 0.25) is 0 Å². The second kappa shape index (κ2) is 6.10. The van der Waals surface area contributed by atoms with Gasteiger partial charge in [-0.1, -0.05) is 12.1 Å². The van der Waals surface area contributed by atoms with E-state index in [1.807, 2.05) is 41.3 Å². The molecule has 1 N–H and O–H groups in total. The van der Waals surface area contributed by atoms with E-state index < -0.39 is 0 Å². The molecule has 0 spiro atoms. The number of rotatable bonds is 5. The summed E-state index contributed by atoms with van der Waals surface area (Å²) in [6.07, 6.45) is 3.14. The second-order valence-electron chi connectivity index (χ2n) is 5.03. The highest BCUT2D eigenvalue weighted by atomic mass is 32.1. The number of benzene rings is 1. The normalized spacial score (nSPS) is 10.9. The zero-order valence-corrected chi connectivity index (χ0v) is 12.7. The molecule has 2 heterocycles. The number of hydrogen-bond acceptors (Lipinski definition) is 3. The number of nitrogens with zero attached hydrogens (tertiary/aromatic N) is 2. The van der Waals surface area contributed by atoms with Crippen molar-refractivity contribution in [2.45, 2.75) is 19.4 Å². The van der Waals surface area contributed by atoms with E-state index in [9.17, 15) is 4.79 Å². The van der Waals surface area contributed by atoms with Crippen molar-refractivity contribution < 1.29 is 4.79 Å². The Morgan fingerprint density at radius 3 is 3.10 bits per heavy atom. The first kappa shape index (κ1) is 13.8. The maximum atomic E-state index is 11.9. The number of carbonyl (C=O) groups is 1. The summed E-state index contributed by atoms with van der Waals surface area (Å²) in [5.41, 5.74) is 3.14. The molecule has 108 valence electrons. The Morgan fingerprint density at radius 1 is 1.38 bits per heavy atom. The molecule has 0 aliphatic rings. The summed E-state index contributed by atoms with van der Waals surface area (Å²) < 4.78 is 1.98. The van der Waals surface area contributed by atoms with Gasteiger partial charge in [0.25, 0.3) is 0 Å². The van der Waals surface area contributed by atoms with Gasteiger partial charge in [0, 0.05) is 24.9 Å². The molecular weight excluding hydrogens is 282 g/mol. The molecule has 0 radical (unpaired) electrons. The monoisotopic (exact) mass is 299 g/mol. The highest BCUT2D eigenvalue weighted by Gasteiger charge is 2.05. The smallest absolute Gasteiger partial charge is 0.220 e. The fourth-order valence-corrected chi connectivity index (χ4v) is 2.98. The Kier molecular flexibility index (Phi) is 4.01. The summed E-state index contributed by atoms with van der Waals surface area (Å²) in [6, 6.07) is 10.2. The van der Waals surface area contributed by atoms with Gasteiger partial charge in [-0.25, -0.2) is 4.98 Å². The minimum atomic E-state index is 0.0875. The Balaban J connectivity index is 1.54. The van der Waals surface area contributed by atoms with Gasteiger partial charge < -0.3 is 9.88 Å². The van der Waals surface area contributed by atoms with E-state index in [1.165, 1.54) is 4.88 Å². The lowest BCUT2D eigenvalue weighted by atomic mass is 10.2. The number of hydrogen-bond donors (Lipinski definition) is 1. The molecule has 5 heteroatoms. The van der Waals surface area contributed by atoms with E-state index in [2.05, 4.69) is 16.4 Å². The zero-order chi connectivity index (χ0) is 14.7. The minimum Gasteiger partial charge on any atom is -0.352 e. The van der Waals surface area contributed by atoms with Gasteiger partial charge in [-0.15, -0.1) is 11.3 Å². The van der Waals surface area contributed by atoms with Crippen molar-refractivity contribution >= 4 is 28.3 Å². The van der Waals surface area contributed by atoms with Crippen LogP contribution in [0.4, 0.5) is 0 Å². The molecule has 0 saturated carbocycles. The molecule has 1 aromatic carbocycles. The number of aromatic nitrogens is 2. The molecule has 0 aliphatic carbocycles. The van der Waals surface area contributed by atoms with Crippen molar-refractivity contribution in [2.75, 3.05) is 0 Å². The molecule has 2 aromatic heterocycles. The van der Waals surface area contributed by atoms with Gasteiger partial charge in [0.15, 0.2) is 0 Å². The van der Waals surface area contributed by atoms with Crippen molar-refractivity contribution in [3.63, 3.8) is 0 Å². The first-order valence-electron chi connectivity index (χ1n) is 6.91. The van der Waals surface area contributed by atoms with Gasteiger partial charge in [-0.05, 0) is 35.6 Å². The van der Waals surface area contributed by atoms with Crippen molar-refractivity contribution in [2.24, 2.45) is 7.05 Å². The van der Waals surface area contributed by atoms with Crippen LogP contribution in [-0.4, -0.2) is 15.5 Å². The van der Waals surface area contributed by atoms with Gasteiger partial charge in [-0.3, -0.25) is 4.79 Å². The largest absolute Gasteiger partial charge is 0.352 e. The Labute approximate surface area is 127 Å². The lowest BCUT2D eigenvalue weighted by Crippen LogP contribution is -2.22. The fraction of sp³-hybridized carbons (Fsp3) is 0.250. The molecular formula is C16H17N3OS. The Hall–Kier alpha value is -2.14. The average molecular weight is 299 g/mol. The number of fused-ring (bicyclic) bond motifs is 1. The van der Waals surface area contributed by atoms with E-state index in [0.29, 0.717) is 13.0 Å². The van der Waals surface area contributed by atoms with Gasteiger partial charge in [0.05, 0.1) is 17.4 Å². The zero-order valence-electron chi connectivity index (χ0n) is 11.9. The highest BCUT2D eigenvalue weighted by Crippen LogP contribution is 2.14. The molecule has 3 aromatic rings. The van der Waals surface area contributed by atoms with Gasteiger partial charge >= 0.3 is 0 Å². The summed E-state index contributed by atoms with van der Waals surface area (Å²) in [7, 11) is 1.97. The molecule has 3 rings (SSSR count). The van der Waals surface area contributed by atoms with Crippen LogP contribution in [0.15, 0.2) is 42.0 Å². The summed E-state index contributed by atoms with van der Waals surface area (Å²) >= 11 is 1.69. The Bertz CT molecular complexity index is 746. The maximum Gasteiger partial charge on any atom is 0.220 e. The van der Waals surface area contributed by atoms with E-state index in [0.717, 1.165) is 23.0 Å². The predicted octanol–water partition coefficient (Wildman–Crippen LogP) is 2.88. The lowest BCUT2D eigenvalue weighted by molar-refractivity contribution is -0.121. The third-order valence-corrected chi connectivity index (χ3v) is 4.39. The quantitative estimate of drug-likeness (QED) is 0.787. The average Bonchev–Trinajstić information content (AvgIpc) is 3.13. The van der Waals surface area contributed by atoms with Crippen molar-refractivity contribution in [3.8, 4) is 0 Å². The van der Waals surface area contributed by atoms with Crippen LogP contribution in [0.1, 0.15) is 16.9 Å². The molecule has 0 saturated heterocycles. The third kappa shape index (κ3) is 3.31. The minimum absolute atomic E-state index is 0.0875. The Morgan fingerprint density at radius 2 is 2.29 bits per heavy atom. The summed E-state index contributed by atoms with van der Waals surface area (Å²) in [5, 5.41) is 5.00. The van der Waals surface area contributed by atoms with Gasteiger partial charge in [0.2, 0.25) is 5.91 Å². The molecule has 4 nitrogen and oxygen atoms in total. The first-order chi connectivity index (χ1) is 10.2. The topological polar surface area (TPSA) is 46.9 Å². The molecule has 1 amide bonds. The molecule has 0 bridgehead atoms. The highest BCUT2D eigenvalue weighted by molar-refractivity contribution is 7.09. The van der Waals surface area contributed by atoms with E-state index in [1.54, 1.807) is 17.7 Å². The number of imidazole rings is 1. The number of thiophene rings is 1. The number of aryl methyl sites for hydroxylation is 2. The van der Waals surface area contributed by atoms with Crippen LogP contribution >= 0.6 is 11.3 Å². The van der Waals surface area contributed by atoms with Crippen LogP contribution in [-0.2, 0) is 24.8 Å². The van der Waals surface area contributed by atoms with E-state index in [4.69, 9.17) is 0 Å². The van der Waals surface area contributed by atoms with Crippen molar-refractivity contribution in [1.82, 2.24) is 14.9 Å². The molecule has 0 atom stereocenters. The van der Waals surface area contributed by atoms with Crippen LogP contribution < -0.4 is 5.32 Å². The van der Waals surface area contributed by atoms with Gasteiger partial charge in [-0.2, -0.15) is 0 Å². The summed E-state index contributed by atoms with van der Waals surface area (Å²) in [5.74, 6) is 0.0875. The van der Waals surface area contributed by atoms with Gasteiger partial charge in [0.1, 0.15) is 0 Å². The number of nitrogens with one attached hydrogen (secondary N) is 1. The van der Waals surface area contributed by atoms with Crippen LogP contribution in [0.3, 0.4) is 0 Å². The van der Waals surface area contributed by atoms with Crippen LogP contribution in [0, 0.1) is 0 Å². The third-order valence-electron chi connectivity index (χ3n) is 3.46. The summed E-state index contributed by atoms with van der Waals surface area (Å²) in [4.78, 5) is 17.4.